The topological polar surface area (TPSA) is 30.5 Å². The summed E-state index contributed by atoms with van der Waals surface area (Å²) in [5, 5.41) is 3.64. The van der Waals surface area contributed by atoms with Crippen LogP contribution in [0.4, 0.5) is 0 Å². The molecule has 0 aromatic heterocycles. The Hall–Kier alpha value is -0.120. The van der Waals surface area contributed by atoms with E-state index in [1.807, 2.05) is 0 Å². The largest absolute Gasteiger partial charge is 0.376 e. The molecule has 3 nitrogen and oxygen atoms in total. The monoisotopic (exact) mass is 285 g/mol. The smallest absolute Gasteiger partial charge is 0.0807 e. The summed E-state index contributed by atoms with van der Waals surface area (Å²) in [6, 6.07) is 0. The molecule has 120 valence electrons. The summed E-state index contributed by atoms with van der Waals surface area (Å²) in [5.41, 5.74) is 0.168. The standard InChI is InChI=1S/C17H35NO2/c1-15(2)19-12-13-20-17(14-18-16(3,4)5)10-8-6-7-9-11-17/h15,18H,6-14H2,1-5H3. The fourth-order valence-electron chi connectivity index (χ4n) is 2.71. The summed E-state index contributed by atoms with van der Waals surface area (Å²) in [6.45, 7) is 13.2. The van der Waals surface area contributed by atoms with E-state index >= 15 is 0 Å². The molecule has 3 heteroatoms. The van der Waals surface area contributed by atoms with Gasteiger partial charge in [0.25, 0.3) is 0 Å². The third-order valence-corrected chi connectivity index (χ3v) is 3.90. The molecule has 1 saturated carbocycles. The Bertz CT molecular complexity index is 250. The first-order chi connectivity index (χ1) is 9.33. The molecule has 1 rings (SSSR count). The fourth-order valence-corrected chi connectivity index (χ4v) is 2.71. The molecule has 0 aromatic rings. The normalized spacial score (nSPS) is 20.1. The van der Waals surface area contributed by atoms with Gasteiger partial charge in [0.15, 0.2) is 0 Å². The van der Waals surface area contributed by atoms with Crippen molar-refractivity contribution in [3.05, 3.63) is 0 Å². The van der Waals surface area contributed by atoms with Gasteiger partial charge in [-0.1, -0.05) is 25.7 Å². The van der Waals surface area contributed by atoms with Crippen LogP contribution >= 0.6 is 0 Å². The molecular formula is C17H35NO2. The number of nitrogens with one attached hydrogen (secondary N) is 1. The van der Waals surface area contributed by atoms with Crippen LogP contribution in [0.3, 0.4) is 0 Å². The Morgan fingerprint density at radius 2 is 1.60 bits per heavy atom. The van der Waals surface area contributed by atoms with Crippen molar-refractivity contribution >= 4 is 0 Å². The second kappa shape index (κ2) is 8.35. The molecule has 0 aliphatic heterocycles. The quantitative estimate of drug-likeness (QED) is 0.568. The zero-order valence-corrected chi connectivity index (χ0v) is 14.3. The minimum Gasteiger partial charge on any atom is -0.376 e. The first kappa shape index (κ1) is 17.9. The van der Waals surface area contributed by atoms with E-state index in [1.165, 1.54) is 38.5 Å². The van der Waals surface area contributed by atoms with Crippen LogP contribution in [-0.2, 0) is 9.47 Å². The van der Waals surface area contributed by atoms with E-state index in [-0.39, 0.29) is 17.2 Å². The zero-order valence-electron chi connectivity index (χ0n) is 14.3. The van der Waals surface area contributed by atoms with Gasteiger partial charge in [0, 0.05) is 12.1 Å². The van der Waals surface area contributed by atoms with Gasteiger partial charge in [-0.15, -0.1) is 0 Å². The van der Waals surface area contributed by atoms with Gasteiger partial charge in [-0.3, -0.25) is 0 Å². The van der Waals surface area contributed by atoms with Crippen molar-refractivity contribution in [2.45, 2.75) is 90.4 Å². The average molecular weight is 285 g/mol. The molecule has 1 N–H and O–H groups in total. The maximum Gasteiger partial charge on any atom is 0.0807 e. The van der Waals surface area contributed by atoms with E-state index in [9.17, 15) is 0 Å². The first-order valence-electron chi connectivity index (χ1n) is 8.34. The van der Waals surface area contributed by atoms with Gasteiger partial charge in [-0.2, -0.15) is 0 Å². The Balaban J connectivity index is 2.49. The van der Waals surface area contributed by atoms with Gasteiger partial charge in [0.05, 0.1) is 24.9 Å². The maximum absolute atomic E-state index is 6.31. The van der Waals surface area contributed by atoms with Crippen LogP contribution in [0.5, 0.6) is 0 Å². The minimum atomic E-state index is 0.0180. The van der Waals surface area contributed by atoms with E-state index in [1.54, 1.807) is 0 Å². The molecule has 0 spiro atoms. The molecule has 0 saturated heterocycles. The van der Waals surface area contributed by atoms with E-state index < -0.39 is 0 Å². The molecule has 1 aliphatic rings. The third-order valence-electron chi connectivity index (χ3n) is 3.90. The summed E-state index contributed by atoms with van der Waals surface area (Å²) in [4.78, 5) is 0. The van der Waals surface area contributed by atoms with E-state index in [0.29, 0.717) is 13.2 Å². The van der Waals surface area contributed by atoms with Crippen LogP contribution in [0.25, 0.3) is 0 Å². The molecule has 20 heavy (non-hydrogen) atoms. The van der Waals surface area contributed by atoms with Crippen LogP contribution in [0.2, 0.25) is 0 Å². The summed E-state index contributed by atoms with van der Waals surface area (Å²) < 4.78 is 11.9. The van der Waals surface area contributed by atoms with Crippen LogP contribution in [0.1, 0.15) is 73.1 Å². The third kappa shape index (κ3) is 7.61. The highest BCUT2D eigenvalue weighted by molar-refractivity contribution is 4.88. The van der Waals surface area contributed by atoms with Gasteiger partial charge in [0.2, 0.25) is 0 Å². The van der Waals surface area contributed by atoms with Crippen LogP contribution in [0, 0.1) is 0 Å². The van der Waals surface area contributed by atoms with Crippen molar-refractivity contribution in [1.29, 1.82) is 0 Å². The summed E-state index contributed by atoms with van der Waals surface area (Å²) in [6.07, 6.45) is 7.92. The van der Waals surface area contributed by atoms with Crippen molar-refractivity contribution in [3.8, 4) is 0 Å². The Kier molecular flexibility index (Phi) is 7.49. The lowest BCUT2D eigenvalue weighted by Gasteiger charge is -2.36. The summed E-state index contributed by atoms with van der Waals surface area (Å²) in [5.74, 6) is 0. The Labute approximate surface area is 125 Å². The highest BCUT2D eigenvalue weighted by Gasteiger charge is 2.32. The van der Waals surface area contributed by atoms with Crippen LogP contribution in [-0.4, -0.2) is 37.0 Å². The molecular weight excluding hydrogens is 250 g/mol. The first-order valence-corrected chi connectivity index (χ1v) is 8.34. The predicted molar refractivity (Wildman–Crippen MR) is 85.2 cm³/mol. The number of rotatable bonds is 7. The number of hydrogen-bond donors (Lipinski definition) is 1. The minimum absolute atomic E-state index is 0.0180. The SMILES string of the molecule is CC(C)OCCOC1(CNC(C)(C)C)CCCCCC1. The lowest BCUT2D eigenvalue weighted by molar-refractivity contribution is -0.0836. The maximum atomic E-state index is 6.31. The summed E-state index contributed by atoms with van der Waals surface area (Å²) >= 11 is 0. The predicted octanol–water partition coefficient (Wildman–Crippen LogP) is 3.91. The van der Waals surface area contributed by atoms with Gasteiger partial charge < -0.3 is 14.8 Å². The second-order valence-corrected chi connectivity index (χ2v) is 7.47. The Morgan fingerprint density at radius 3 is 2.10 bits per heavy atom. The van der Waals surface area contributed by atoms with E-state index in [2.05, 4.69) is 39.9 Å². The molecule has 0 bridgehead atoms. The molecule has 0 atom stereocenters. The fraction of sp³-hybridized carbons (Fsp3) is 1.00. The van der Waals surface area contributed by atoms with Crippen molar-refractivity contribution in [1.82, 2.24) is 5.32 Å². The molecule has 0 unspecified atom stereocenters. The zero-order chi connectivity index (χ0) is 15.1. The van der Waals surface area contributed by atoms with Crippen LogP contribution < -0.4 is 5.32 Å². The highest BCUT2D eigenvalue weighted by atomic mass is 16.5. The lowest BCUT2D eigenvalue weighted by Crippen LogP contribution is -2.49. The van der Waals surface area contributed by atoms with Crippen molar-refractivity contribution in [3.63, 3.8) is 0 Å². The molecule has 0 heterocycles. The molecule has 0 amide bonds. The van der Waals surface area contributed by atoms with E-state index in [4.69, 9.17) is 9.47 Å². The molecule has 1 aliphatic carbocycles. The molecule has 1 fully saturated rings. The molecule has 0 aromatic carbocycles. The van der Waals surface area contributed by atoms with Gasteiger partial charge in [-0.25, -0.2) is 0 Å². The highest BCUT2D eigenvalue weighted by Crippen LogP contribution is 2.30. The van der Waals surface area contributed by atoms with Crippen molar-refractivity contribution in [2.75, 3.05) is 19.8 Å². The number of hydrogen-bond acceptors (Lipinski definition) is 3. The molecule has 0 radical (unpaired) electrons. The van der Waals surface area contributed by atoms with Gasteiger partial charge in [-0.05, 0) is 47.5 Å². The number of ether oxygens (including phenoxy) is 2. The Morgan fingerprint density at radius 1 is 1.00 bits per heavy atom. The lowest BCUT2D eigenvalue weighted by atomic mass is 9.92. The second-order valence-electron chi connectivity index (χ2n) is 7.47. The van der Waals surface area contributed by atoms with E-state index in [0.717, 1.165) is 6.54 Å². The summed E-state index contributed by atoms with van der Waals surface area (Å²) in [7, 11) is 0. The van der Waals surface area contributed by atoms with Gasteiger partial charge >= 0.3 is 0 Å². The van der Waals surface area contributed by atoms with Crippen molar-refractivity contribution < 1.29 is 9.47 Å². The average Bonchev–Trinajstić information content (AvgIpc) is 2.58. The van der Waals surface area contributed by atoms with Crippen molar-refractivity contribution in [2.24, 2.45) is 0 Å². The van der Waals surface area contributed by atoms with Gasteiger partial charge in [0.1, 0.15) is 0 Å². The van der Waals surface area contributed by atoms with Crippen LogP contribution in [0.15, 0.2) is 0 Å².